The minimum absolute atomic E-state index is 0.198. The van der Waals surface area contributed by atoms with Gasteiger partial charge in [-0.25, -0.2) is 0 Å². The number of carbonyl (C=O) groups excluding carboxylic acids is 1. The number of esters is 1. The molecule has 2 fully saturated rings. The second kappa shape index (κ2) is 13.8. The van der Waals surface area contributed by atoms with Gasteiger partial charge >= 0.3 is 5.97 Å². The van der Waals surface area contributed by atoms with E-state index in [0.717, 1.165) is 32.1 Å². The highest BCUT2D eigenvalue weighted by Crippen LogP contribution is 2.28. The van der Waals surface area contributed by atoms with Crippen molar-refractivity contribution in [3.8, 4) is 0 Å². The summed E-state index contributed by atoms with van der Waals surface area (Å²) in [6.45, 7) is 1.02. The molecule has 0 aromatic carbocycles. The topological polar surface area (TPSA) is 196 Å². The Bertz CT molecular complexity index is 575. The van der Waals surface area contributed by atoms with Crippen LogP contribution in [0.4, 0.5) is 0 Å². The fourth-order valence-electron chi connectivity index (χ4n) is 3.85. The number of rotatable bonds is 12. The molecule has 0 spiro atoms. The standard InChI is InChI=1S/C21H38O12/c1-2-3-4-5-6-7-8-13(23)30-10-12-14(24)15(25)18(28)21(32-12)33-19-11(9-22)31-20(29)17(27)16(19)26/h11-12,14-22,24-29H,2-10H2,1H3/t11-,12-,14-,15+,16-,17-,18-,19-,20-,21-/m1/s1. The lowest BCUT2D eigenvalue weighted by Gasteiger charge is -2.45. The average molecular weight is 483 g/mol. The summed E-state index contributed by atoms with van der Waals surface area (Å²) in [7, 11) is 0. The largest absolute Gasteiger partial charge is 0.463 e. The Hall–Kier alpha value is -0.930. The zero-order valence-corrected chi connectivity index (χ0v) is 18.8. The lowest BCUT2D eigenvalue weighted by molar-refractivity contribution is -0.355. The molecule has 2 saturated heterocycles. The molecule has 0 amide bonds. The van der Waals surface area contributed by atoms with E-state index in [0.29, 0.717) is 6.42 Å². The lowest BCUT2D eigenvalue weighted by Crippen LogP contribution is -2.64. The third kappa shape index (κ3) is 7.79. The van der Waals surface area contributed by atoms with E-state index in [-0.39, 0.29) is 6.42 Å². The van der Waals surface area contributed by atoms with Crippen LogP contribution in [0.5, 0.6) is 0 Å². The lowest BCUT2D eigenvalue weighted by atomic mass is 9.97. The van der Waals surface area contributed by atoms with Crippen molar-refractivity contribution in [3.63, 3.8) is 0 Å². The summed E-state index contributed by atoms with van der Waals surface area (Å²) in [5.74, 6) is -0.493. The molecule has 0 aliphatic carbocycles. The van der Waals surface area contributed by atoms with Gasteiger partial charge in [0, 0.05) is 6.42 Å². The number of carbonyl (C=O) groups is 1. The summed E-state index contributed by atoms with van der Waals surface area (Å²) in [5, 5.41) is 69.6. The molecule has 2 heterocycles. The fourth-order valence-corrected chi connectivity index (χ4v) is 3.85. The van der Waals surface area contributed by atoms with Gasteiger partial charge in [0.25, 0.3) is 0 Å². The van der Waals surface area contributed by atoms with Crippen molar-refractivity contribution in [2.24, 2.45) is 0 Å². The maximum absolute atomic E-state index is 12.0. The summed E-state index contributed by atoms with van der Waals surface area (Å²) < 4.78 is 21.0. The van der Waals surface area contributed by atoms with Gasteiger partial charge in [0.2, 0.25) is 0 Å². The number of aliphatic hydroxyl groups excluding tert-OH is 7. The van der Waals surface area contributed by atoms with Crippen LogP contribution in [0.15, 0.2) is 0 Å². The van der Waals surface area contributed by atoms with Gasteiger partial charge in [-0.15, -0.1) is 0 Å². The van der Waals surface area contributed by atoms with Crippen molar-refractivity contribution in [1.82, 2.24) is 0 Å². The average Bonchev–Trinajstić information content (AvgIpc) is 2.80. The van der Waals surface area contributed by atoms with E-state index in [4.69, 9.17) is 18.9 Å². The molecular formula is C21H38O12. The van der Waals surface area contributed by atoms with Gasteiger partial charge in [0.05, 0.1) is 6.61 Å². The fraction of sp³-hybridized carbons (Fsp3) is 0.952. The second-order valence-electron chi connectivity index (χ2n) is 8.55. The maximum Gasteiger partial charge on any atom is 0.305 e. The molecule has 0 saturated carbocycles. The van der Waals surface area contributed by atoms with Crippen LogP contribution in [0.25, 0.3) is 0 Å². The van der Waals surface area contributed by atoms with Crippen molar-refractivity contribution in [2.75, 3.05) is 13.2 Å². The third-order valence-corrected chi connectivity index (χ3v) is 5.94. The van der Waals surface area contributed by atoms with Crippen LogP contribution < -0.4 is 0 Å². The van der Waals surface area contributed by atoms with Crippen LogP contribution in [-0.4, -0.2) is 116 Å². The Morgan fingerprint density at radius 2 is 1.45 bits per heavy atom. The minimum atomic E-state index is -1.76. The van der Waals surface area contributed by atoms with Crippen LogP contribution in [0.3, 0.4) is 0 Å². The SMILES string of the molecule is CCCCCCCCC(=O)OC[C@H]1O[C@H](O[C@H]2[C@H](O)[C@@H](O)[C@H](O)O[C@@H]2CO)[C@H](O)[C@@H](O)[C@@H]1O. The van der Waals surface area contributed by atoms with Crippen LogP contribution in [0.1, 0.15) is 51.9 Å². The van der Waals surface area contributed by atoms with Gasteiger partial charge < -0.3 is 54.7 Å². The third-order valence-electron chi connectivity index (χ3n) is 5.94. The summed E-state index contributed by atoms with van der Waals surface area (Å²) in [6, 6.07) is 0. The summed E-state index contributed by atoms with van der Waals surface area (Å²) in [4.78, 5) is 12.0. The molecule has 194 valence electrons. The quantitative estimate of drug-likeness (QED) is 0.118. The molecule has 0 aromatic heterocycles. The molecule has 0 radical (unpaired) electrons. The number of hydrogen-bond donors (Lipinski definition) is 7. The van der Waals surface area contributed by atoms with Crippen LogP contribution in [-0.2, 0) is 23.7 Å². The first-order valence-electron chi connectivity index (χ1n) is 11.5. The summed E-state index contributed by atoms with van der Waals surface area (Å²) >= 11 is 0. The molecule has 10 atom stereocenters. The maximum atomic E-state index is 12.0. The van der Waals surface area contributed by atoms with E-state index in [1.165, 1.54) is 0 Å². The highest BCUT2D eigenvalue weighted by atomic mass is 16.7. The zero-order valence-electron chi connectivity index (χ0n) is 18.8. The van der Waals surface area contributed by atoms with E-state index < -0.39 is 80.6 Å². The first kappa shape index (κ1) is 28.3. The van der Waals surface area contributed by atoms with Crippen LogP contribution in [0.2, 0.25) is 0 Å². The van der Waals surface area contributed by atoms with Gasteiger partial charge in [-0.2, -0.15) is 0 Å². The Morgan fingerprint density at radius 3 is 2.12 bits per heavy atom. The molecule has 0 unspecified atom stereocenters. The number of hydrogen-bond acceptors (Lipinski definition) is 12. The Kier molecular flexibility index (Phi) is 11.9. The van der Waals surface area contributed by atoms with E-state index in [2.05, 4.69) is 6.92 Å². The highest BCUT2D eigenvalue weighted by molar-refractivity contribution is 5.69. The Morgan fingerprint density at radius 1 is 0.788 bits per heavy atom. The first-order chi connectivity index (χ1) is 15.7. The molecule has 0 bridgehead atoms. The summed E-state index contributed by atoms with van der Waals surface area (Å²) in [6.07, 6.45) is -9.68. The molecule has 33 heavy (non-hydrogen) atoms. The van der Waals surface area contributed by atoms with E-state index in [9.17, 15) is 40.5 Å². The van der Waals surface area contributed by atoms with Crippen molar-refractivity contribution >= 4 is 5.97 Å². The van der Waals surface area contributed by atoms with Crippen LogP contribution in [0, 0.1) is 0 Å². The molecule has 12 nitrogen and oxygen atoms in total. The number of ether oxygens (including phenoxy) is 4. The van der Waals surface area contributed by atoms with Gasteiger partial charge in [-0.05, 0) is 6.42 Å². The Labute approximate surface area is 192 Å². The van der Waals surface area contributed by atoms with Gasteiger partial charge in [0.15, 0.2) is 12.6 Å². The number of unbranched alkanes of at least 4 members (excludes halogenated alkanes) is 5. The molecule has 2 aliphatic rings. The van der Waals surface area contributed by atoms with Gasteiger partial charge in [-0.1, -0.05) is 39.0 Å². The summed E-state index contributed by atoms with van der Waals surface area (Å²) in [5.41, 5.74) is 0. The van der Waals surface area contributed by atoms with E-state index in [1.54, 1.807) is 0 Å². The minimum Gasteiger partial charge on any atom is -0.463 e. The highest BCUT2D eigenvalue weighted by Gasteiger charge is 2.50. The van der Waals surface area contributed by atoms with Crippen molar-refractivity contribution in [1.29, 1.82) is 0 Å². The molecule has 7 N–H and O–H groups in total. The molecule has 2 aliphatic heterocycles. The van der Waals surface area contributed by atoms with Crippen molar-refractivity contribution in [3.05, 3.63) is 0 Å². The zero-order chi connectivity index (χ0) is 24.5. The van der Waals surface area contributed by atoms with E-state index >= 15 is 0 Å². The molecular weight excluding hydrogens is 444 g/mol. The monoisotopic (exact) mass is 482 g/mol. The molecule has 0 aromatic rings. The Balaban J connectivity index is 1.89. The van der Waals surface area contributed by atoms with Gasteiger partial charge in [0.1, 0.15) is 55.4 Å². The normalized spacial score (nSPS) is 39.4. The molecule has 2 rings (SSSR count). The number of aliphatic hydroxyl groups is 7. The first-order valence-corrected chi connectivity index (χ1v) is 11.5. The second-order valence-corrected chi connectivity index (χ2v) is 8.55. The van der Waals surface area contributed by atoms with Crippen LogP contribution >= 0.6 is 0 Å². The van der Waals surface area contributed by atoms with Crippen molar-refractivity contribution in [2.45, 2.75) is 113 Å². The van der Waals surface area contributed by atoms with E-state index in [1.807, 2.05) is 0 Å². The predicted molar refractivity (Wildman–Crippen MR) is 110 cm³/mol. The molecule has 12 heteroatoms. The predicted octanol–water partition coefficient (Wildman–Crippen LogP) is -2.10. The smallest absolute Gasteiger partial charge is 0.305 e. The van der Waals surface area contributed by atoms with Crippen molar-refractivity contribution < 1.29 is 59.5 Å². The van der Waals surface area contributed by atoms with Gasteiger partial charge in [-0.3, -0.25) is 4.79 Å².